The molecule has 18 heavy (non-hydrogen) atoms. The van der Waals surface area contributed by atoms with Crippen LogP contribution in [0.3, 0.4) is 0 Å². The molecule has 0 spiro atoms. The topological polar surface area (TPSA) is 75.6 Å². The molecule has 0 saturated heterocycles. The predicted octanol–water partition coefficient (Wildman–Crippen LogP) is 0.0943. The maximum absolute atomic E-state index is 8.38. The molecule has 0 radical (unpaired) electrons. The Kier molecular flexibility index (Phi) is 16.0. The first-order valence-corrected chi connectivity index (χ1v) is 5.78. The zero-order valence-corrected chi connectivity index (χ0v) is 10.5. The van der Waals surface area contributed by atoms with Crippen LogP contribution in [0.15, 0.2) is 12.7 Å². The lowest BCUT2D eigenvalue weighted by atomic mass is 10.7. The predicted molar refractivity (Wildman–Crippen MR) is 62.7 cm³/mol. The molecule has 0 bridgehead atoms. The SMILES string of the molecule is C=CCOCCOOCCOCCOOCCO. The van der Waals surface area contributed by atoms with Crippen LogP contribution in [0.25, 0.3) is 0 Å². The van der Waals surface area contributed by atoms with Crippen molar-refractivity contribution in [1.29, 1.82) is 0 Å². The molecule has 0 aliphatic rings. The minimum atomic E-state index is -0.0669. The molecular weight excluding hydrogens is 244 g/mol. The minimum Gasteiger partial charge on any atom is -0.394 e. The Morgan fingerprint density at radius 3 is 1.72 bits per heavy atom. The van der Waals surface area contributed by atoms with Gasteiger partial charge in [-0.25, -0.2) is 19.6 Å². The van der Waals surface area contributed by atoms with Crippen molar-refractivity contribution >= 4 is 0 Å². The number of rotatable bonds is 15. The third-order valence-electron chi connectivity index (χ3n) is 1.51. The van der Waals surface area contributed by atoms with Crippen LogP contribution < -0.4 is 0 Å². The fraction of sp³-hybridized carbons (Fsp3) is 0.818. The molecule has 0 saturated carbocycles. The molecule has 0 aromatic rings. The van der Waals surface area contributed by atoms with Crippen molar-refractivity contribution in [1.82, 2.24) is 0 Å². The minimum absolute atomic E-state index is 0.0669. The maximum atomic E-state index is 8.38. The normalized spacial score (nSPS) is 10.7. The smallest absolute Gasteiger partial charge is 0.106 e. The summed E-state index contributed by atoms with van der Waals surface area (Å²) in [6, 6.07) is 0. The monoisotopic (exact) mass is 266 g/mol. The molecule has 0 aliphatic heterocycles. The third kappa shape index (κ3) is 15.5. The summed E-state index contributed by atoms with van der Waals surface area (Å²) >= 11 is 0. The van der Waals surface area contributed by atoms with Gasteiger partial charge in [-0.2, -0.15) is 0 Å². The Morgan fingerprint density at radius 1 is 0.722 bits per heavy atom. The summed E-state index contributed by atoms with van der Waals surface area (Å²) in [5.74, 6) is 0. The number of ether oxygens (including phenoxy) is 2. The Bertz CT molecular complexity index is 165. The van der Waals surface area contributed by atoms with Gasteiger partial charge in [0.05, 0.1) is 33.0 Å². The van der Waals surface area contributed by atoms with Gasteiger partial charge in [-0.1, -0.05) is 6.08 Å². The van der Waals surface area contributed by atoms with E-state index in [2.05, 4.69) is 16.4 Å². The number of hydrogen-bond donors (Lipinski definition) is 1. The number of aliphatic hydroxyl groups excluding tert-OH is 1. The van der Waals surface area contributed by atoms with Crippen molar-refractivity contribution in [2.75, 3.05) is 59.5 Å². The molecule has 0 unspecified atom stereocenters. The molecule has 7 heteroatoms. The molecule has 0 rings (SSSR count). The largest absolute Gasteiger partial charge is 0.394 e. The van der Waals surface area contributed by atoms with Crippen LogP contribution in [-0.4, -0.2) is 64.6 Å². The first-order valence-electron chi connectivity index (χ1n) is 5.78. The zero-order valence-electron chi connectivity index (χ0n) is 10.5. The van der Waals surface area contributed by atoms with Crippen molar-refractivity contribution in [3.8, 4) is 0 Å². The Hall–Kier alpha value is -0.540. The van der Waals surface area contributed by atoms with Crippen molar-refractivity contribution < 1.29 is 34.1 Å². The zero-order chi connectivity index (χ0) is 13.3. The fourth-order valence-corrected chi connectivity index (χ4v) is 0.821. The molecule has 0 fully saturated rings. The Morgan fingerprint density at radius 2 is 1.22 bits per heavy atom. The molecule has 0 heterocycles. The Balaban J connectivity index is 2.88. The van der Waals surface area contributed by atoms with E-state index in [0.717, 1.165) is 0 Å². The molecule has 108 valence electrons. The van der Waals surface area contributed by atoms with Crippen LogP contribution in [0.1, 0.15) is 0 Å². The van der Waals surface area contributed by atoms with E-state index in [1.165, 1.54) is 0 Å². The summed E-state index contributed by atoms with van der Waals surface area (Å²) in [5.41, 5.74) is 0. The van der Waals surface area contributed by atoms with Gasteiger partial charge in [0.1, 0.15) is 26.4 Å². The molecular formula is C11H22O7. The van der Waals surface area contributed by atoms with Gasteiger partial charge in [0.2, 0.25) is 0 Å². The summed E-state index contributed by atoms with van der Waals surface area (Å²) in [4.78, 5) is 18.9. The van der Waals surface area contributed by atoms with E-state index >= 15 is 0 Å². The molecule has 1 N–H and O–H groups in total. The lowest BCUT2D eigenvalue weighted by Gasteiger charge is -2.06. The van der Waals surface area contributed by atoms with Crippen LogP contribution in [0.4, 0.5) is 0 Å². The summed E-state index contributed by atoms with van der Waals surface area (Å²) in [6.07, 6.45) is 1.67. The van der Waals surface area contributed by atoms with E-state index in [1.807, 2.05) is 0 Å². The summed E-state index contributed by atoms with van der Waals surface area (Å²) in [6.45, 7) is 6.36. The van der Waals surface area contributed by atoms with E-state index in [-0.39, 0.29) is 13.2 Å². The van der Waals surface area contributed by atoms with Gasteiger partial charge in [0.15, 0.2) is 0 Å². The van der Waals surface area contributed by atoms with E-state index in [9.17, 15) is 0 Å². The van der Waals surface area contributed by atoms with Crippen molar-refractivity contribution in [3.63, 3.8) is 0 Å². The second-order valence-corrected chi connectivity index (χ2v) is 2.99. The highest BCUT2D eigenvalue weighted by Crippen LogP contribution is 1.84. The summed E-state index contributed by atoms with van der Waals surface area (Å²) in [7, 11) is 0. The van der Waals surface area contributed by atoms with Gasteiger partial charge in [-0.3, -0.25) is 0 Å². The first kappa shape index (κ1) is 17.5. The van der Waals surface area contributed by atoms with Crippen molar-refractivity contribution in [2.45, 2.75) is 0 Å². The average molecular weight is 266 g/mol. The molecule has 0 amide bonds. The Labute approximate surface area is 107 Å². The van der Waals surface area contributed by atoms with E-state index in [1.54, 1.807) is 6.08 Å². The molecule has 0 atom stereocenters. The van der Waals surface area contributed by atoms with E-state index in [0.29, 0.717) is 46.2 Å². The standard InChI is InChI=1S/C11H22O7/c1-2-4-13-6-9-17-18-11-8-14-7-10-16-15-5-3-12/h2,12H,1,3-11H2. The number of aliphatic hydroxyl groups is 1. The van der Waals surface area contributed by atoms with Gasteiger partial charge < -0.3 is 14.6 Å². The number of hydrogen-bond acceptors (Lipinski definition) is 7. The van der Waals surface area contributed by atoms with Crippen LogP contribution in [-0.2, 0) is 29.0 Å². The van der Waals surface area contributed by atoms with Crippen molar-refractivity contribution in [2.24, 2.45) is 0 Å². The summed E-state index contributed by atoms with van der Waals surface area (Å²) in [5, 5.41) is 8.38. The molecule has 7 nitrogen and oxygen atoms in total. The quantitative estimate of drug-likeness (QED) is 0.195. The van der Waals surface area contributed by atoms with Crippen LogP contribution >= 0.6 is 0 Å². The highest BCUT2D eigenvalue weighted by atomic mass is 17.2. The van der Waals surface area contributed by atoms with Gasteiger partial charge in [0, 0.05) is 0 Å². The second kappa shape index (κ2) is 16.5. The van der Waals surface area contributed by atoms with E-state index < -0.39 is 0 Å². The highest BCUT2D eigenvalue weighted by molar-refractivity contribution is 4.63. The van der Waals surface area contributed by atoms with Crippen molar-refractivity contribution in [3.05, 3.63) is 12.7 Å². The van der Waals surface area contributed by atoms with Crippen LogP contribution in [0.2, 0.25) is 0 Å². The van der Waals surface area contributed by atoms with Gasteiger partial charge in [-0.15, -0.1) is 6.58 Å². The van der Waals surface area contributed by atoms with E-state index in [4.69, 9.17) is 24.4 Å². The van der Waals surface area contributed by atoms with Gasteiger partial charge in [-0.05, 0) is 0 Å². The third-order valence-corrected chi connectivity index (χ3v) is 1.51. The molecule has 0 aromatic carbocycles. The molecule has 0 aliphatic carbocycles. The molecule has 0 aromatic heterocycles. The second-order valence-electron chi connectivity index (χ2n) is 2.99. The van der Waals surface area contributed by atoms with Gasteiger partial charge in [0.25, 0.3) is 0 Å². The van der Waals surface area contributed by atoms with Crippen LogP contribution in [0, 0.1) is 0 Å². The van der Waals surface area contributed by atoms with Gasteiger partial charge >= 0.3 is 0 Å². The van der Waals surface area contributed by atoms with Crippen LogP contribution in [0.5, 0.6) is 0 Å². The summed E-state index contributed by atoms with van der Waals surface area (Å²) < 4.78 is 10.2. The fourth-order valence-electron chi connectivity index (χ4n) is 0.821. The average Bonchev–Trinajstić information content (AvgIpc) is 2.39. The lowest BCUT2D eigenvalue weighted by molar-refractivity contribution is -0.311. The first-order chi connectivity index (χ1) is 8.91. The maximum Gasteiger partial charge on any atom is 0.106 e. The lowest BCUT2D eigenvalue weighted by Crippen LogP contribution is -2.12. The highest BCUT2D eigenvalue weighted by Gasteiger charge is 1.93.